The maximum absolute atomic E-state index is 12.8. The summed E-state index contributed by atoms with van der Waals surface area (Å²) >= 11 is 0. The van der Waals surface area contributed by atoms with Crippen LogP contribution in [0.5, 0.6) is 0 Å². The van der Waals surface area contributed by atoms with Gasteiger partial charge in [-0.3, -0.25) is 0 Å². The zero-order chi connectivity index (χ0) is 15.6. The fourth-order valence-electron chi connectivity index (χ4n) is 2.31. The third-order valence-corrected chi connectivity index (χ3v) is 5.31. The molecule has 5 heteroatoms. The number of aliphatic hydroxyl groups is 2. The quantitative estimate of drug-likeness (QED) is 0.907. The van der Waals surface area contributed by atoms with Gasteiger partial charge in [0.1, 0.15) is 0 Å². The molecule has 0 aliphatic carbocycles. The summed E-state index contributed by atoms with van der Waals surface area (Å²) in [7, 11) is -3.78. The Morgan fingerprint density at radius 2 is 1.19 bits per heavy atom. The lowest BCUT2D eigenvalue weighted by molar-refractivity contribution is 0.277. The van der Waals surface area contributed by atoms with Crippen molar-refractivity contribution >= 4 is 9.84 Å². The van der Waals surface area contributed by atoms with Crippen molar-refractivity contribution < 1.29 is 18.6 Å². The van der Waals surface area contributed by atoms with Gasteiger partial charge >= 0.3 is 0 Å². The van der Waals surface area contributed by atoms with Gasteiger partial charge < -0.3 is 10.2 Å². The van der Waals surface area contributed by atoms with Crippen LogP contribution in [0.4, 0.5) is 0 Å². The molecule has 0 aliphatic heterocycles. The van der Waals surface area contributed by atoms with Crippen molar-refractivity contribution in [3.8, 4) is 0 Å². The number of rotatable bonds is 4. The van der Waals surface area contributed by atoms with Gasteiger partial charge in [-0.15, -0.1) is 0 Å². The molecular weight excluding hydrogens is 288 g/mol. The molecule has 0 aromatic heterocycles. The monoisotopic (exact) mass is 306 g/mol. The van der Waals surface area contributed by atoms with E-state index in [4.69, 9.17) is 0 Å². The number of hydrogen-bond acceptors (Lipinski definition) is 4. The van der Waals surface area contributed by atoms with Gasteiger partial charge in [0.15, 0.2) is 0 Å². The molecule has 2 aromatic carbocycles. The van der Waals surface area contributed by atoms with Gasteiger partial charge in [0.2, 0.25) is 9.84 Å². The summed E-state index contributed by atoms with van der Waals surface area (Å²) in [6.07, 6.45) is 0. The van der Waals surface area contributed by atoms with Gasteiger partial charge in [-0.25, -0.2) is 8.42 Å². The second-order valence-electron chi connectivity index (χ2n) is 5.04. The summed E-state index contributed by atoms with van der Waals surface area (Å²) in [5.74, 6) is 0. The first kappa shape index (κ1) is 15.7. The Balaban J connectivity index is 2.68. The van der Waals surface area contributed by atoms with Crippen LogP contribution in [0.25, 0.3) is 0 Å². The number of aliphatic hydroxyl groups excluding tert-OH is 2. The average Bonchev–Trinajstić information content (AvgIpc) is 2.46. The van der Waals surface area contributed by atoms with Crippen LogP contribution in [0.1, 0.15) is 22.3 Å². The van der Waals surface area contributed by atoms with Crippen molar-refractivity contribution in [3.05, 3.63) is 58.7 Å². The molecule has 0 atom stereocenters. The molecule has 21 heavy (non-hydrogen) atoms. The fourth-order valence-corrected chi connectivity index (χ4v) is 3.97. The molecule has 2 rings (SSSR count). The second kappa shape index (κ2) is 5.97. The van der Waals surface area contributed by atoms with E-state index in [0.29, 0.717) is 11.1 Å². The SMILES string of the molecule is Cc1ccc(S(=O)(=O)c2ccc(C)cc2CO)c(CO)c1. The van der Waals surface area contributed by atoms with E-state index in [9.17, 15) is 18.6 Å². The van der Waals surface area contributed by atoms with Crippen LogP contribution in [0, 0.1) is 13.8 Å². The zero-order valence-corrected chi connectivity index (χ0v) is 12.8. The molecule has 0 unspecified atom stereocenters. The maximum atomic E-state index is 12.8. The molecule has 0 saturated carbocycles. The van der Waals surface area contributed by atoms with Gasteiger partial charge in [0.05, 0.1) is 23.0 Å². The highest BCUT2D eigenvalue weighted by Gasteiger charge is 2.23. The van der Waals surface area contributed by atoms with Crippen LogP contribution in [0.3, 0.4) is 0 Å². The van der Waals surface area contributed by atoms with E-state index >= 15 is 0 Å². The Morgan fingerprint density at radius 3 is 1.52 bits per heavy atom. The topological polar surface area (TPSA) is 74.6 Å². The first-order valence-electron chi connectivity index (χ1n) is 6.56. The molecule has 2 N–H and O–H groups in total. The lowest BCUT2D eigenvalue weighted by Gasteiger charge is -2.13. The Hall–Kier alpha value is -1.69. The molecule has 112 valence electrons. The van der Waals surface area contributed by atoms with E-state index in [-0.39, 0.29) is 23.0 Å². The molecule has 0 bridgehead atoms. The predicted octanol–water partition coefficient (Wildman–Crippen LogP) is 2.12. The van der Waals surface area contributed by atoms with Crippen molar-refractivity contribution in [1.29, 1.82) is 0 Å². The third kappa shape index (κ3) is 3.00. The van der Waals surface area contributed by atoms with E-state index in [0.717, 1.165) is 11.1 Å². The van der Waals surface area contributed by atoms with Gasteiger partial charge in [0, 0.05) is 0 Å². The first-order chi connectivity index (χ1) is 9.90. The molecule has 2 aromatic rings. The van der Waals surface area contributed by atoms with Crippen LogP contribution in [-0.4, -0.2) is 18.6 Å². The molecular formula is C16H18O4S. The summed E-state index contributed by atoms with van der Waals surface area (Å²) < 4.78 is 25.6. The van der Waals surface area contributed by atoms with Gasteiger partial charge in [-0.2, -0.15) is 0 Å². The van der Waals surface area contributed by atoms with E-state index in [2.05, 4.69) is 0 Å². The molecule has 4 nitrogen and oxygen atoms in total. The van der Waals surface area contributed by atoms with Crippen molar-refractivity contribution in [2.24, 2.45) is 0 Å². The number of aryl methyl sites for hydroxylation is 2. The Labute approximate surface area is 124 Å². The second-order valence-corrected chi connectivity index (χ2v) is 6.93. The highest BCUT2D eigenvalue weighted by Crippen LogP contribution is 2.28. The van der Waals surface area contributed by atoms with Gasteiger partial charge in [-0.05, 0) is 37.1 Å². The number of benzene rings is 2. The van der Waals surface area contributed by atoms with Crippen LogP contribution < -0.4 is 0 Å². The summed E-state index contributed by atoms with van der Waals surface area (Å²) in [6.45, 7) is 2.97. The fraction of sp³-hybridized carbons (Fsp3) is 0.250. The third-order valence-electron chi connectivity index (χ3n) is 3.35. The molecule has 0 aliphatic rings. The summed E-state index contributed by atoms with van der Waals surface area (Å²) in [5, 5.41) is 18.8. The van der Waals surface area contributed by atoms with Crippen LogP contribution in [-0.2, 0) is 23.1 Å². The van der Waals surface area contributed by atoms with Gasteiger partial charge in [0.25, 0.3) is 0 Å². The minimum absolute atomic E-state index is 0.0779. The molecule has 0 saturated heterocycles. The molecule has 0 amide bonds. The van der Waals surface area contributed by atoms with E-state index in [1.165, 1.54) is 12.1 Å². The molecule has 0 radical (unpaired) electrons. The van der Waals surface area contributed by atoms with Crippen LogP contribution in [0.2, 0.25) is 0 Å². The normalized spacial score (nSPS) is 11.6. The standard InChI is InChI=1S/C16H18O4S/c1-11-3-5-15(13(7-11)9-17)21(19,20)16-6-4-12(2)8-14(16)10-18/h3-8,17-18H,9-10H2,1-2H3. The number of hydrogen-bond donors (Lipinski definition) is 2. The lowest BCUT2D eigenvalue weighted by atomic mass is 10.1. The van der Waals surface area contributed by atoms with Crippen molar-refractivity contribution in [3.63, 3.8) is 0 Å². The predicted molar refractivity (Wildman–Crippen MR) is 79.7 cm³/mol. The smallest absolute Gasteiger partial charge is 0.207 e. The maximum Gasteiger partial charge on any atom is 0.207 e. The Morgan fingerprint density at radius 1 is 0.810 bits per heavy atom. The summed E-state index contributed by atoms with van der Waals surface area (Å²) in [4.78, 5) is 0.156. The number of sulfone groups is 1. The molecule has 0 fully saturated rings. The van der Waals surface area contributed by atoms with E-state index in [1.54, 1.807) is 24.3 Å². The summed E-state index contributed by atoms with van der Waals surface area (Å²) in [6, 6.07) is 9.69. The molecule has 0 heterocycles. The highest BCUT2D eigenvalue weighted by molar-refractivity contribution is 7.91. The molecule has 0 spiro atoms. The minimum Gasteiger partial charge on any atom is -0.392 e. The Kier molecular flexibility index (Phi) is 4.46. The zero-order valence-electron chi connectivity index (χ0n) is 12.0. The van der Waals surface area contributed by atoms with Gasteiger partial charge in [-0.1, -0.05) is 35.4 Å². The minimum atomic E-state index is -3.78. The van der Waals surface area contributed by atoms with Crippen LogP contribution >= 0.6 is 0 Å². The first-order valence-corrected chi connectivity index (χ1v) is 8.04. The van der Waals surface area contributed by atoms with E-state index in [1.807, 2.05) is 13.8 Å². The lowest BCUT2D eigenvalue weighted by Crippen LogP contribution is -2.09. The Bertz CT molecular complexity index is 704. The van der Waals surface area contributed by atoms with Crippen molar-refractivity contribution in [1.82, 2.24) is 0 Å². The summed E-state index contributed by atoms with van der Waals surface area (Å²) in [5.41, 5.74) is 2.48. The van der Waals surface area contributed by atoms with E-state index < -0.39 is 9.84 Å². The largest absolute Gasteiger partial charge is 0.392 e. The average molecular weight is 306 g/mol. The van der Waals surface area contributed by atoms with Crippen LogP contribution in [0.15, 0.2) is 46.2 Å². The highest BCUT2D eigenvalue weighted by atomic mass is 32.2. The van der Waals surface area contributed by atoms with Crippen molar-refractivity contribution in [2.45, 2.75) is 36.9 Å². The van der Waals surface area contributed by atoms with Crippen molar-refractivity contribution in [2.75, 3.05) is 0 Å².